The molecule has 5 heteroatoms. The zero-order valence-corrected chi connectivity index (χ0v) is 25.5. The van der Waals surface area contributed by atoms with E-state index in [1.807, 2.05) is 49.4 Å². The van der Waals surface area contributed by atoms with Gasteiger partial charge in [-0.25, -0.2) is 19.9 Å². The third-order valence-corrected chi connectivity index (χ3v) is 8.34. The monoisotopic (exact) mass is 591 g/mol. The van der Waals surface area contributed by atoms with Crippen LogP contribution in [0.5, 0.6) is 0 Å². The summed E-state index contributed by atoms with van der Waals surface area (Å²) in [5.74, 6) is 1.89. The van der Waals surface area contributed by atoms with E-state index in [-0.39, 0.29) is 0 Å². The van der Waals surface area contributed by atoms with E-state index in [2.05, 4.69) is 104 Å². The number of aryl methyl sites for hydroxylation is 2. The van der Waals surface area contributed by atoms with Crippen LogP contribution in [0.15, 0.2) is 140 Å². The number of aromatic nitrogens is 5. The molecule has 0 bridgehead atoms. The van der Waals surface area contributed by atoms with Crippen molar-refractivity contribution in [3.63, 3.8) is 0 Å². The summed E-state index contributed by atoms with van der Waals surface area (Å²) in [6, 6.07) is 47.7. The molecule has 0 fully saturated rings. The molecule has 46 heavy (non-hydrogen) atoms. The second kappa shape index (κ2) is 11.5. The van der Waals surface area contributed by atoms with Crippen LogP contribution < -0.4 is 0 Å². The number of fused-ring (bicyclic) bond motifs is 3. The highest BCUT2D eigenvalue weighted by atomic mass is 15.0. The Balaban J connectivity index is 1.19. The first kappa shape index (κ1) is 27.5. The molecule has 8 rings (SSSR count). The molecular weight excluding hydrogens is 562 g/mol. The van der Waals surface area contributed by atoms with Gasteiger partial charge in [0.15, 0.2) is 17.5 Å². The van der Waals surface area contributed by atoms with Crippen LogP contribution in [0.2, 0.25) is 0 Å². The maximum atomic E-state index is 5.11. The molecule has 3 heterocycles. The quantitative estimate of drug-likeness (QED) is 0.186. The maximum absolute atomic E-state index is 5.11. The summed E-state index contributed by atoms with van der Waals surface area (Å²) in [7, 11) is 0. The average Bonchev–Trinajstić information content (AvgIpc) is 3.12. The van der Waals surface area contributed by atoms with Gasteiger partial charge in [0.2, 0.25) is 0 Å². The molecule has 0 N–H and O–H groups in total. The Morgan fingerprint density at radius 1 is 0.370 bits per heavy atom. The largest absolute Gasteiger partial charge is 0.251 e. The van der Waals surface area contributed by atoms with Gasteiger partial charge in [-0.1, -0.05) is 127 Å². The zero-order valence-electron chi connectivity index (χ0n) is 25.5. The summed E-state index contributed by atoms with van der Waals surface area (Å²) in [6.45, 7) is 4.15. The van der Waals surface area contributed by atoms with Crippen LogP contribution in [-0.4, -0.2) is 24.9 Å². The van der Waals surface area contributed by atoms with E-state index < -0.39 is 0 Å². The SMILES string of the molecule is Cc1ccc2ccc3c(C)cc(-c4ccc(-c5nc(-c6ccccc6)nc(-c6ccc(-c7ccccc7)cc6)n5)cc4)nc3c2n1. The molecule has 218 valence electrons. The van der Waals surface area contributed by atoms with Crippen molar-refractivity contribution in [2.24, 2.45) is 0 Å². The van der Waals surface area contributed by atoms with Crippen LogP contribution in [0.1, 0.15) is 11.3 Å². The average molecular weight is 592 g/mol. The first-order valence-electron chi connectivity index (χ1n) is 15.3. The van der Waals surface area contributed by atoms with Crippen LogP contribution in [-0.2, 0) is 0 Å². The second-order valence-corrected chi connectivity index (χ2v) is 11.5. The highest BCUT2D eigenvalue weighted by Gasteiger charge is 2.14. The van der Waals surface area contributed by atoms with Crippen molar-refractivity contribution >= 4 is 21.8 Å². The molecule has 0 saturated carbocycles. The predicted molar refractivity (Wildman–Crippen MR) is 187 cm³/mol. The Hall–Kier alpha value is -6.07. The summed E-state index contributed by atoms with van der Waals surface area (Å²) < 4.78 is 0. The van der Waals surface area contributed by atoms with Crippen molar-refractivity contribution in [3.05, 3.63) is 151 Å². The van der Waals surface area contributed by atoms with Gasteiger partial charge in [0.25, 0.3) is 0 Å². The van der Waals surface area contributed by atoms with Gasteiger partial charge in [0.05, 0.1) is 16.7 Å². The molecule has 5 aromatic carbocycles. The predicted octanol–water partition coefficient (Wildman–Crippen LogP) is 9.92. The maximum Gasteiger partial charge on any atom is 0.164 e. The van der Waals surface area contributed by atoms with Gasteiger partial charge in [-0.15, -0.1) is 0 Å². The van der Waals surface area contributed by atoms with Gasteiger partial charge >= 0.3 is 0 Å². The van der Waals surface area contributed by atoms with Crippen LogP contribution in [0.4, 0.5) is 0 Å². The van der Waals surface area contributed by atoms with E-state index in [0.29, 0.717) is 17.5 Å². The molecule has 3 aromatic heterocycles. The smallest absolute Gasteiger partial charge is 0.164 e. The summed E-state index contributed by atoms with van der Waals surface area (Å²) in [5.41, 5.74) is 11.0. The van der Waals surface area contributed by atoms with Crippen molar-refractivity contribution in [3.8, 4) is 56.5 Å². The highest BCUT2D eigenvalue weighted by molar-refractivity contribution is 6.04. The molecule has 0 aliphatic rings. The summed E-state index contributed by atoms with van der Waals surface area (Å²) in [4.78, 5) is 24.7. The highest BCUT2D eigenvalue weighted by Crippen LogP contribution is 2.31. The molecule has 0 atom stereocenters. The standard InChI is InChI=1S/C41H29N5/c1-26-25-36(43-38-35(26)24-23-31-14-13-27(2)42-37(31)38)30-17-21-34(22-18-30)41-45-39(32-11-7-4-8-12-32)44-40(46-41)33-19-15-29(16-20-33)28-9-5-3-6-10-28/h3-25H,1-2H3. The van der Waals surface area contributed by atoms with E-state index in [4.69, 9.17) is 24.9 Å². The van der Waals surface area contributed by atoms with E-state index in [0.717, 1.165) is 61.0 Å². The Labute approximate surface area is 267 Å². The van der Waals surface area contributed by atoms with Gasteiger partial charge in [0.1, 0.15) is 0 Å². The number of rotatable bonds is 5. The molecule has 0 unspecified atom stereocenters. The minimum Gasteiger partial charge on any atom is -0.251 e. The van der Waals surface area contributed by atoms with Crippen LogP contribution in [0.3, 0.4) is 0 Å². The minimum atomic E-state index is 0.621. The lowest BCUT2D eigenvalue weighted by Gasteiger charge is -2.11. The van der Waals surface area contributed by atoms with Gasteiger partial charge in [-0.2, -0.15) is 0 Å². The summed E-state index contributed by atoms with van der Waals surface area (Å²) in [6.07, 6.45) is 0. The first-order chi connectivity index (χ1) is 22.6. The summed E-state index contributed by atoms with van der Waals surface area (Å²) >= 11 is 0. The Kier molecular flexibility index (Phi) is 6.84. The number of hydrogen-bond donors (Lipinski definition) is 0. The lowest BCUT2D eigenvalue weighted by Crippen LogP contribution is -2.00. The normalized spacial score (nSPS) is 11.3. The number of nitrogens with zero attached hydrogens (tertiary/aromatic N) is 5. The molecule has 5 nitrogen and oxygen atoms in total. The topological polar surface area (TPSA) is 64.5 Å². The third-order valence-electron chi connectivity index (χ3n) is 8.34. The minimum absolute atomic E-state index is 0.621. The Bertz CT molecular complexity index is 2350. The van der Waals surface area contributed by atoms with Gasteiger partial charge in [-0.05, 0) is 42.7 Å². The molecule has 0 saturated heterocycles. The first-order valence-corrected chi connectivity index (χ1v) is 15.3. The molecule has 0 aliphatic heterocycles. The lowest BCUT2D eigenvalue weighted by atomic mass is 10.0. The lowest BCUT2D eigenvalue weighted by molar-refractivity contribution is 1.07. The fraction of sp³-hybridized carbons (Fsp3) is 0.0488. The van der Waals surface area contributed by atoms with Crippen molar-refractivity contribution in [1.29, 1.82) is 0 Å². The zero-order chi connectivity index (χ0) is 31.0. The van der Waals surface area contributed by atoms with Gasteiger partial charge in [0, 0.05) is 38.7 Å². The molecule has 8 aromatic rings. The van der Waals surface area contributed by atoms with Crippen LogP contribution >= 0.6 is 0 Å². The van der Waals surface area contributed by atoms with Crippen molar-refractivity contribution in [2.45, 2.75) is 13.8 Å². The van der Waals surface area contributed by atoms with E-state index >= 15 is 0 Å². The van der Waals surface area contributed by atoms with Crippen LogP contribution in [0, 0.1) is 13.8 Å². The van der Waals surface area contributed by atoms with Gasteiger partial charge in [-0.3, -0.25) is 4.98 Å². The van der Waals surface area contributed by atoms with Crippen molar-refractivity contribution in [1.82, 2.24) is 24.9 Å². The molecule has 0 amide bonds. The fourth-order valence-electron chi connectivity index (χ4n) is 5.87. The molecular formula is C41H29N5. The number of pyridine rings is 2. The molecule has 0 spiro atoms. The fourth-order valence-corrected chi connectivity index (χ4v) is 5.87. The number of hydrogen-bond acceptors (Lipinski definition) is 5. The van der Waals surface area contributed by atoms with Gasteiger partial charge < -0.3 is 0 Å². The Morgan fingerprint density at radius 3 is 1.46 bits per heavy atom. The van der Waals surface area contributed by atoms with E-state index in [1.165, 1.54) is 11.1 Å². The third kappa shape index (κ3) is 5.18. The summed E-state index contributed by atoms with van der Waals surface area (Å²) in [5, 5.41) is 2.21. The second-order valence-electron chi connectivity index (χ2n) is 11.5. The van der Waals surface area contributed by atoms with E-state index in [9.17, 15) is 0 Å². The van der Waals surface area contributed by atoms with Crippen molar-refractivity contribution in [2.75, 3.05) is 0 Å². The number of benzene rings is 5. The molecule has 0 aliphatic carbocycles. The Morgan fingerprint density at radius 2 is 0.848 bits per heavy atom. The van der Waals surface area contributed by atoms with Crippen molar-refractivity contribution < 1.29 is 0 Å². The van der Waals surface area contributed by atoms with Crippen LogP contribution in [0.25, 0.3) is 78.4 Å². The van der Waals surface area contributed by atoms with E-state index in [1.54, 1.807) is 0 Å². The molecule has 0 radical (unpaired) electrons.